The number of carbonyl (C=O) groups excluding carboxylic acids is 3. The van der Waals surface area contributed by atoms with Gasteiger partial charge in [-0.1, -0.05) is 41.9 Å². The van der Waals surface area contributed by atoms with Gasteiger partial charge in [0.05, 0.1) is 12.2 Å². The molecule has 1 heterocycles. The zero-order valence-corrected chi connectivity index (χ0v) is 15.6. The third-order valence-corrected chi connectivity index (χ3v) is 4.14. The summed E-state index contributed by atoms with van der Waals surface area (Å²) in [6, 6.07) is 15.3. The van der Waals surface area contributed by atoms with Gasteiger partial charge < -0.3 is 25.0 Å². The molecular weight excluding hydrogens is 396 g/mol. The van der Waals surface area contributed by atoms with Crippen LogP contribution in [0.25, 0.3) is 6.08 Å². The average molecular weight is 410 g/mol. The molecule has 29 heavy (non-hydrogen) atoms. The Labute approximate surface area is 170 Å². The van der Waals surface area contributed by atoms with Crippen LogP contribution >= 0.6 is 11.6 Å². The molecule has 0 aliphatic rings. The monoisotopic (exact) mass is 409 g/mol. The van der Waals surface area contributed by atoms with Crippen LogP contribution in [0.15, 0.2) is 77.0 Å². The maximum atomic E-state index is 12.8. The van der Waals surface area contributed by atoms with Gasteiger partial charge in [-0.15, -0.1) is 0 Å². The first-order valence-corrected chi connectivity index (χ1v) is 8.75. The average Bonchev–Trinajstić information content (AvgIpc) is 3.24. The van der Waals surface area contributed by atoms with E-state index in [1.165, 1.54) is 48.7 Å². The van der Waals surface area contributed by atoms with Gasteiger partial charge in [0.1, 0.15) is 5.70 Å². The molecule has 0 unspecified atom stereocenters. The number of nitrogens with one attached hydrogen (secondary N) is 2. The summed E-state index contributed by atoms with van der Waals surface area (Å²) in [5.41, 5.74) is 0.508. The summed E-state index contributed by atoms with van der Waals surface area (Å²) in [5, 5.41) is 16.4. The van der Waals surface area contributed by atoms with Gasteiger partial charge in [0, 0.05) is 10.7 Å². The number of benzene rings is 2. The zero-order chi connectivity index (χ0) is 20.8. The number of aromatic carboxylic acids is 1. The van der Waals surface area contributed by atoms with E-state index in [-0.39, 0.29) is 22.7 Å². The lowest BCUT2D eigenvalue weighted by Gasteiger charge is -2.12. The molecule has 3 aromatic rings. The first kappa shape index (κ1) is 19.9. The van der Waals surface area contributed by atoms with Crippen molar-refractivity contribution < 1.29 is 23.9 Å². The molecule has 2 amide bonds. The molecule has 2 N–H and O–H groups in total. The Hall–Kier alpha value is -3.84. The molecule has 0 radical (unpaired) electrons. The quantitative estimate of drug-likeness (QED) is 0.608. The lowest BCUT2D eigenvalue weighted by Crippen LogP contribution is -2.30. The number of halogens is 1. The molecule has 0 atom stereocenters. The van der Waals surface area contributed by atoms with E-state index in [1.54, 1.807) is 24.3 Å². The molecule has 0 saturated heterocycles. The molecular formula is C21H14ClN2O5-. The minimum Gasteiger partial charge on any atom is -0.545 e. The Morgan fingerprint density at radius 3 is 2.48 bits per heavy atom. The smallest absolute Gasteiger partial charge is 0.291 e. The third kappa shape index (κ3) is 5.12. The lowest BCUT2D eigenvalue weighted by molar-refractivity contribution is -0.255. The molecule has 2 aromatic carbocycles. The van der Waals surface area contributed by atoms with Crippen molar-refractivity contribution in [2.45, 2.75) is 0 Å². The predicted octanol–water partition coefficient (Wildman–Crippen LogP) is 2.71. The summed E-state index contributed by atoms with van der Waals surface area (Å²) in [7, 11) is 0. The van der Waals surface area contributed by atoms with Crippen LogP contribution in [0.4, 0.5) is 5.69 Å². The Kier molecular flexibility index (Phi) is 6.11. The van der Waals surface area contributed by atoms with E-state index in [4.69, 9.17) is 16.0 Å². The van der Waals surface area contributed by atoms with E-state index in [0.29, 0.717) is 10.6 Å². The number of hydrogen-bond donors (Lipinski definition) is 2. The van der Waals surface area contributed by atoms with Gasteiger partial charge in [0.2, 0.25) is 0 Å². The highest BCUT2D eigenvalue weighted by molar-refractivity contribution is 6.32. The fourth-order valence-electron chi connectivity index (χ4n) is 2.42. The van der Waals surface area contributed by atoms with Crippen LogP contribution in [0.1, 0.15) is 26.5 Å². The number of carbonyl (C=O) groups is 3. The number of hydrogen-bond acceptors (Lipinski definition) is 5. The topological polar surface area (TPSA) is 111 Å². The number of rotatable bonds is 6. The van der Waals surface area contributed by atoms with Gasteiger partial charge in [0.15, 0.2) is 5.76 Å². The molecule has 0 aliphatic heterocycles. The lowest BCUT2D eigenvalue weighted by atomic mass is 10.1. The van der Waals surface area contributed by atoms with Gasteiger partial charge in [0.25, 0.3) is 11.8 Å². The highest BCUT2D eigenvalue weighted by Gasteiger charge is 2.17. The molecule has 8 heteroatoms. The standard InChI is InChI=1S/C21H15ClN2O5/c22-16-8-2-1-5-13(16)12-17(24-20(26)18-9-4-10-29-18)19(25)23-15-7-3-6-14(11-15)21(27)28/h1-12H,(H,23,25)(H,24,26)(H,27,28)/p-1/b17-12+. The Morgan fingerprint density at radius 2 is 1.79 bits per heavy atom. The van der Waals surface area contributed by atoms with Crippen molar-refractivity contribution in [3.05, 3.63) is 94.5 Å². The molecule has 0 saturated carbocycles. The van der Waals surface area contributed by atoms with Gasteiger partial charge in [-0.05, 0) is 47.5 Å². The summed E-state index contributed by atoms with van der Waals surface area (Å²) in [6.45, 7) is 0. The van der Waals surface area contributed by atoms with Crippen LogP contribution in [0.5, 0.6) is 0 Å². The first-order valence-electron chi connectivity index (χ1n) is 8.38. The van der Waals surface area contributed by atoms with Crippen molar-refractivity contribution in [1.82, 2.24) is 5.32 Å². The molecule has 0 aliphatic carbocycles. The Bertz CT molecular complexity index is 1090. The summed E-state index contributed by atoms with van der Waals surface area (Å²) in [4.78, 5) is 36.1. The van der Waals surface area contributed by atoms with Gasteiger partial charge in [-0.25, -0.2) is 0 Å². The van der Waals surface area contributed by atoms with Crippen molar-refractivity contribution in [2.75, 3.05) is 5.32 Å². The summed E-state index contributed by atoms with van der Waals surface area (Å²) >= 11 is 6.15. The predicted molar refractivity (Wildman–Crippen MR) is 105 cm³/mol. The van der Waals surface area contributed by atoms with E-state index in [1.807, 2.05) is 0 Å². The second-order valence-corrected chi connectivity index (χ2v) is 6.24. The maximum Gasteiger partial charge on any atom is 0.291 e. The van der Waals surface area contributed by atoms with Crippen molar-refractivity contribution in [3.63, 3.8) is 0 Å². The third-order valence-electron chi connectivity index (χ3n) is 3.80. The maximum absolute atomic E-state index is 12.8. The van der Waals surface area contributed by atoms with E-state index in [9.17, 15) is 19.5 Å². The second kappa shape index (κ2) is 8.90. The van der Waals surface area contributed by atoms with Crippen molar-refractivity contribution in [3.8, 4) is 0 Å². The molecule has 0 spiro atoms. The SMILES string of the molecule is O=C(Nc1cccc(C(=O)[O-])c1)/C(=C\c1ccccc1Cl)NC(=O)c1ccco1. The minimum absolute atomic E-state index is 0.0156. The number of anilines is 1. The molecule has 0 fully saturated rings. The summed E-state index contributed by atoms with van der Waals surface area (Å²) in [5.74, 6) is -2.67. The number of amides is 2. The van der Waals surface area contributed by atoms with Crippen LogP contribution in [-0.2, 0) is 4.79 Å². The van der Waals surface area contributed by atoms with Crippen molar-refractivity contribution in [1.29, 1.82) is 0 Å². The van der Waals surface area contributed by atoms with E-state index in [2.05, 4.69) is 10.6 Å². The fraction of sp³-hybridized carbons (Fsp3) is 0. The van der Waals surface area contributed by atoms with Crippen LogP contribution < -0.4 is 15.7 Å². The molecule has 0 bridgehead atoms. The van der Waals surface area contributed by atoms with Gasteiger partial charge >= 0.3 is 0 Å². The van der Waals surface area contributed by atoms with Crippen LogP contribution in [-0.4, -0.2) is 17.8 Å². The van der Waals surface area contributed by atoms with Gasteiger partial charge in [-0.3, -0.25) is 9.59 Å². The Morgan fingerprint density at radius 1 is 1.00 bits per heavy atom. The van der Waals surface area contributed by atoms with E-state index in [0.717, 1.165) is 0 Å². The summed E-state index contributed by atoms with van der Waals surface area (Å²) in [6.07, 6.45) is 2.74. The van der Waals surface area contributed by atoms with E-state index >= 15 is 0 Å². The highest BCUT2D eigenvalue weighted by atomic mass is 35.5. The van der Waals surface area contributed by atoms with Crippen LogP contribution in [0.2, 0.25) is 5.02 Å². The number of carboxylic acid groups (broad SMARTS) is 1. The molecule has 1 aromatic heterocycles. The van der Waals surface area contributed by atoms with Gasteiger partial charge in [-0.2, -0.15) is 0 Å². The zero-order valence-electron chi connectivity index (χ0n) is 14.8. The fourth-order valence-corrected chi connectivity index (χ4v) is 2.61. The minimum atomic E-state index is -1.38. The molecule has 146 valence electrons. The van der Waals surface area contributed by atoms with E-state index < -0.39 is 17.8 Å². The second-order valence-electron chi connectivity index (χ2n) is 5.83. The Balaban J connectivity index is 1.90. The summed E-state index contributed by atoms with van der Waals surface area (Å²) < 4.78 is 5.04. The number of furan rings is 1. The largest absolute Gasteiger partial charge is 0.545 e. The van der Waals surface area contributed by atoms with Crippen molar-refractivity contribution >= 4 is 41.1 Å². The van der Waals surface area contributed by atoms with Crippen molar-refractivity contribution in [2.24, 2.45) is 0 Å². The normalized spacial score (nSPS) is 11.0. The van der Waals surface area contributed by atoms with Crippen LogP contribution in [0.3, 0.4) is 0 Å². The number of carboxylic acids is 1. The molecule has 3 rings (SSSR count). The molecule has 7 nitrogen and oxygen atoms in total. The van der Waals surface area contributed by atoms with Crippen LogP contribution in [0, 0.1) is 0 Å². The first-order chi connectivity index (χ1) is 13.9. The highest BCUT2D eigenvalue weighted by Crippen LogP contribution is 2.19.